The van der Waals surface area contributed by atoms with Gasteiger partial charge in [-0.25, -0.2) is 13.1 Å². The first kappa shape index (κ1) is 13.3. The summed E-state index contributed by atoms with van der Waals surface area (Å²) in [6.07, 6.45) is 2.55. The average Bonchev–Trinajstić information content (AvgIpc) is 2.48. The molecule has 20 heavy (non-hydrogen) atoms. The van der Waals surface area contributed by atoms with Crippen LogP contribution >= 0.6 is 0 Å². The van der Waals surface area contributed by atoms with E-state index in [-0.39, 0.29) is 6.04 Å². The Morgan fingerprint density at radius 1 is 0.900 bits per heavy atom. The van der Waals surface area contributed by atoms with Gasteiger partial charge in [0.25, 0.3) is 0 Å². The van der Waals surface area contributed by atoms with Gasteiger partial charge in [-0.15, -0.1) is 0 Å². The van der Waals surface area contributed by atoms with Gasteiger partial charge in [0.05, 0.1) is 4.90 Å². The minimum absolute atomic E-state index is 0.0184. The number of hydrogen-bond donors (Lipinski definition) is 1. The Labute approximate surface area is 119 Å². The van der Waals surface area contributed by atoms with E-state index in [2.05, 4.69) is 16.9 Å². The van der Waals surface area contributed by atoms with E-state index in [9.17, 15) is 8.42 Å². The molecule has 1 atom stereocenters. The molecule has 1 N–H and O–H groups in total. The smallest absolute Gasteiger partial charge is 0.208 e. The monoisotopic (exact) mass is 287 g/mol. The molecule has 3 rings (SSSR count). The Bertz CT molecular complexity index is 695. The maximum atomic E-state index is 12.3. The van der Waals surface area contributed by atoms with Gasteiger partial charge < -0.3 is 0 Å². The molecule has 2 aromatic carbocycles. The van der Waals surface area contributed by atoms with Crippen LogP contribution < -0.4 is 4.72 Å². The minimum atomic E-state index is -3.41. The van der Waals surface area contributed by atoms with Crippen molar-refractivity contribution >= 4 is 10.0 Å². The third-order valence-electron chi connectivity index (χ3n) is 3.72. The van der Waals surface area contributed by atoms with Crippen molar-refractivity contribution in [1.29, 1.82) is 0 Å². The molecule has 0 aromatic heterocycles. The van der Waals surface area contributed by atoms with Crippen LogP contribution in [0.4, 0.5) is 0 Å². The maximum absolute atomic E-state index is 12.3. The fourth-order valence-corrected chi connectivity index (χ4v) is 3.98. The summed E-state index contributed by atoms with van der Waals surface area (Å²) in [5, 5.41) is 0. The summed E-state index contributed by atoms with van der Waals surface area (Å²) >= 11 is 0. The molecule has 0 saturated heterocycles. The molecule has 0 bridgehead atoms. The molecule has 1 unspecified atom stereocenters. The topological polar surface area (TPSA) is 46.2 Å². The molecular formula is C16H17NO2S. The Hall–Kier alpha value is -1.65. The van der Waals surface area contributed by atoms with Crippen LogP contribution in [0.25, 0.3) is 0 Å². The second kappa shape index (κ2) is 5.38. The van der Waals surface area contributed by atoms with Crippen molar-refractivity contribution in [2.24, 2.45) is 0 Å². The fourth-order valence-electron chi connectivity index (χ4n) is 2.69. The molecule has 3 nitrogen and oxygen atoms in total. The van der Waals surface area contributed by atoms with Crippen molar-refractivity contribution in [1.82, 2.24) is 4.72 Å². The van der Waals surface area contributed by atoms with E-state index in [1.165, 1.54) is 11.1 Å². The van der Waals surface area contributed by atoms with Gasteiger partial charge in [-0.2, -0.15) is 0 Å². The molecule has 0 fully saturated rings. The van der Waals surface area contributed by atoms with Crippen molar-refractivity contribution < 1.29 is 8.42 Å². The average molecular weight is 287 g/mol. The van der Waals surface area contributed by atoms with Crippen molar-refractivity contribution in [3.8, 4) is 0 Å². The predicted molar refractivity (Wildman–Crippen MR) is 79.0 cm³/mol. The van der Waals surface area contributed by atoms with Crippen LogP contribution in [0.5, 0.6) is 0 Å². The van der Waals surface area contributed by atoms with Gasteiger partial charge >= 0.3 is 0 Å². The molecule has 0 aliphatic heterocycles. The Morgan fingerprint density at radius 2 is 1.55 bits per heavy atom. The molecule has 2 aromatic rings. The lowest BCUT2D eigenvalue weighted by atomic mass is 9.89. The van der Waals surface area contributed by atoms with Crippen LogP contribution in [0.15, 0.2) is 59.5 Å². The fraction of sp³-hybridized carbons (Fsp3) is 0.250. The summed E-state index contributed by atoms with van der Waals surface area (Å²) < 4.78 is 27.4. The number of rotatable bonds is 3. The summed E-state index contributed by atoms with van der Waals surface area (Å²) in [6.45, 7) is 0. The van der Waals surface area contributed by atoms with E-state index in [1.54, 1.807) is 24.3 Å². The van der Waals surface area contributed by atoms with Crippen LogP contribution in [0.3, 0.4) is 0 Å². The third-order valence-corrected chi connectivity index (χ3v) is 5.26. The van der Waals surface area contributed by atoms with Crippen LogP contribution in [0.1, 0.15) is 17.5 Å². The molecule has 0 heterocycles. The van der Waals surface area contributed by atoms with Crippen molar-refractivity contribution in [2.45, 2.75) is 30.2 Å². The van der Waals surface area contributed by atoms with Gasteiger partial charge in [0, 0.05) is 6.04 Å². The molecular weight excluding hydrogens is 270 g/mol. The first-order valence-corrected chi connectivity index (χ1v) is 8.28. The molecule has 0 spiro atoms. The van der Waals surface area contributed by atoms with Crippen LogP contribution in [-0.2, 0) is 22.9 Å². The van der Waals surface area contributed by atoms with Crippen LogP contribution in [0, 0.1) is 0 Å². The van der Waals surface area contributed by atoms with E-state index >= 15 is 0 Å². The second-order valence-corrected chi connectivity index (χ2v) is 6.86. The summed E-state index contributed by atoms with van der Waals surface area (Å²) in [5.74, 6) is 0. The van der Waals surface area contributed by atoms with Gasteiger partial charge in [-0.05, 0) is 42.5 Å². The van der Waals surface area contributed by atoms with Gasteiger partial charge in [-0.3, -0.25) is 0 Å². The van der Waals surface area contributed by atoms with E-state index in [0.29, 0.717) is 4.90 Å². The largest absolute Gasteiger partial charge is 0.240 e. The lowest BCUT2D eigenvalue weighted by Crippen LogP contribution is -2.38. The molecule has 1 aliphatic carbocycles. The number of sulfonamides is 1. The van der Waals surface area contributed by atoms with Gasteiger partial charge in [0.1, 0.15) is 0 Å². The quantitative estimate of drug-likeness (QED) is 0.943. The van der Waals surface area contributed by atoms with E-state index < -0.39 is 10.0 Å². The number of hydrogen-bond acceptors (Lipinski definition) is 2. The lowest BCUT2D eigenvalue weighted by Gasteiger charge is -2.25. The highest BCUT2D eigenvalue weighted by Crippen LogP contribution is 2.22. The highest BCUT2D eigenvalue weighted by molar-refractivity contribution is 7.89. The Kier molecular flexibility index (Phi) is 3.59. The van der Waals surface area contributed by atoms with Crippen molar-refractivity contribution in [3.63, 3.8) is 0 Å². The number of aryl methyl sites for hydroxylation is 1. The SMILES string of the molecule is O=S(=O)(NC1CCc2ccccc2C1)c1ccccc1. The first-order chi connectivity index (χ1) is 9.65. The molecule has 0 saturated carbocycles. The molecule has 104 valence electrons. The Morgan fingerprint density at radius 3 is 2.30 bits per heavy atom. The normalized spacial score (nSPS) is 18.5. The van der Waals surface area contributed by atoms with Gasteiger partial charge in [0.2, 0.25) is 10.0 Å². The van der Waals surface area contributed by atoms with E-state index in [1.807, 2.05) is 18.2 Å². The third kappa shape index (κ3) is 2.76. The van der Waals surface area contributed by atoms with Crippen molar-refractivity contribution in [2.75, 3.05) is 0 Å². The van der Waals surface area contributed by atoms with Crippen molar-refractivity contribution in [3.05, 3.63) is 65.7 Å². The van der Waals surface area contributed by atoms with Crippen LogP contribution in [0.2, 0.25) is 0 Å². The molecule has 0 amide bonds. The first-order valence-electron chi connectivity index (χ1n) is 6.79. The maximum Gasteiger partial charge on any atom is 0.240 e. The summed E-state index contributed by atoms with van der Waals surface area (Å²) in [7, 11) is -3.41. The lowest BCUT2D eigenvalue weighted by molar-refractivity contribution is 0.507. The minimum Gasteiger partial charge on any atom is -0.208 e. The van der Waals surface area contributed by atoms with Gasteiger partial charge in [-0.1, -0.05) is 42.5 Å². The highest BCUT2D eigenvalue weighted by atomic mass is 32.2. The number of benzene rings is 2. The number of nitrogens with one attached hydrogen (secondary N) is 1. The standard InChI is InChI=1S/C16H17NO2S/c18-20(19,16-8-2-1-3-9-16)17-15-11-10-13-6-4-5-7-14(13)12-15/h1-9,15,17H,10-12H2. The molecule has 0 radical (unpaired) electrons. The zero-order chi connectivity index (χ0) is 14.0. The number of fused-ring (bicyclic) bond motifs is 1. The second-order valence-electron chi connectivity index (χ2n) is 5.14. The predicted octanol–water partition coefficient (Wildman–Crippen LogP) is 2.52. The summed E-state index contributed by atoms with van der Waals surface area (Å²) in [5.41, 5.74) is 2.59. The Balaban J connectivity index is 1.77. The zero-order valence-electron chi connectivity index (χ0n) is 11.1. The molecule has 4 heteroatoms. The van der Waals surface area contributed by atoms with Gasteiger partial charge in [0.15, 0.2) is 0 Å². The molecule has 1 aliphatic rings. The van der Waals surface area contributed by atoms with E-state index in [0.717, 1.165) is 19.3 Å². The highest BCUT2D eigenvalue weighted by Gasteiger charge is 2.23. The zero-order valence-corrected chi connectivity index (χ0v) is 11.9. The summed E-state index contributed by atoms with van der Waals surface area (Å²) in [6, 6.07) is 16.8. The van der Waals surface area contributed by atoms with Crippen LogP contribution in [-0.4, -0.2) is 14.5 Å². The van der Waals surface area contributed by atoms with E-state index in [4.69, 9.17) is 0 Å². The summed E-state index contributed by atoms with van der Waals surface area (Å²) in [4.78, 5) is 0.332.